The summed E-state index contributed by atoms with van der Waals surface area (Å²) < 4.78 is 6.33. The normalized spacial score (nSPS) is 23.0. The number of nitrogens with one attached hydrogen (secondary N) is 1. The van der Waals surface area contributed by atoms with Crippen molar-refractivity contribution in [1.29, 1.82) is 0 Å². The Bertz CT molecular complexity index is 507. The SMILES string of the molecule is O=C(Cn1cc(C2CCCC2)nn1)N[C@H]1CCOC1=O. The van der Waals surface area contributed by atoms with Crippen molar-refractivity contribution in [3.63, 3.8) is 0 Å². The molecule has 3 rings (SSSR count). The van der Waals surface area contributed by atoms with Crippen molar-refractivity contribution in [1.82, 2.24) is 20.3 Å². The van der Waals surface area contributed by atoms with Crippen LogP contribution in [0.25, 0.3) is 0 Å². The number of ether oxygens (including phenoxy) is 1. The summed E-state index contributed by atoms with van der Waals surface area (Å²) in [7, 11) is 0. The monoisotopic (exact) mass is 278 g/mol. The van der Waals surface area contributed by atoms with E-state index in [1.54, 1.807) is 0 Å². The lowest BCUT2D eigenvalue weighted by molar-refractivity contribution is -0.141. The van der Waals surface area contributed by atoms with E-state index in [0.717, 1.165) is 18.5 Å². The third-order valence-corrected chi connectivity index (χ3v) is 3.91. The molecule has 0 bridgehead atoms. The van der Waals surface area contributed by atoms with Gasteiger partial charge in [0.15, 0.2) is 0 Å². The van der Waals surface area contributed by atoms with Gasteiger partial charge in [0, 0.05) is 18.5 Å². The van der Waals surface area contributed by atoms with Crippen molar-refractivity contribution in [3.05, 3.63) is 11.9 Å². The highest BCUT2D eigenvalue weighted by Gasteiger charge is 2.28. The van der Waals surface area contributed by atoms with E-state index in [2.05, 4.69) is 15.6 Å². The van der Waals surface area contributed by atoms with Gasteiger partial charge in [0.1, 0.15) is 12.6 Å². The second kappa shape index (κ2) is 5.60. The molecular weight excluding hydrogens is 260 g/mol. The molecule has 1 aliphatic heterocycles. The van der Waals surface area contributed by atoms with Crippen LogP contribution in [0.1, 0.15) is 43.7 Å². The molecule has 1 atom stereocenters. The van der Waals surface area contributed by atoms with Gasteiger partial charge in [-0.3, -0.25) is 4.79 Å². The Kier molecular flexibility index (Phi) is 3.66. The summed E-state index contributed by atoms with van der Waals surface area (Å²) in [5.41, 5.74) is 0.968. The second-order valence-electron chi connectivity index (χ2n) is 5.40. The predicted molar refractivity (Wildman–Crippen MR) is 68.7 cm³/mol. The van der Waals surface area contributed by atoms with E-state index >= 15 is 0 Å². The average Bonchev–Trinajstić information content (AvgIpc) is 3.12. The zero-order chi connectivity index (χ0) is 13.9. The minimum atomic E-state index is -0.514. The molecule has 7 nitrogen and oxygen atoms in total. The Labute approximate surface area is 116 Å². The molecule has 2 heterocycles. The van der Waals surface area contributed by atoms with Crippen molar-refractivity contribution >= 4 is 11.9 Å². The van der Waals surface area contributed by atoms with Gasteiger partial charge in [-0.1, -0.05) is 18.1 Å². The van der Waals surface area contributed by atoms with E-state index in [1.165, 1.54) is 17.5 Å². The Balaban J connectivity index is 1.54. The fourth-order valence-electron chi connectivity index (χ4n) is 2.81. The van der Waals surface area contributed by atoms with Gasteiger partial charge in [0.25, 0.3) is 0 Å². The molecule has 1 N–H and O–H groups in total. The van der Waals surface area contributed by atoms with Crippen LogP contribution in [0.2, 0.25) is 0 Å². The van der Waals surface area contributed by atoms with Crippen LogP contribution >= 0.6 is 0 Å². The van der Waals surface area contributed by atoms with Crippen LogP contribution in [-0.4, -0.2) is 39.5 Å². The molecule has 1 aromatic heterocycles. The van der Waals surface area contributed by atoms with Gasteiger partial charge in [0.05, 0.1) is 12.3 Å². The van der Waals surface area contributed by atoms with Gasteiger partial charge in [-0.05, 0) is 12.8 Å². The van der Waals surface area contributed by atoms with Gasteiger partial charge in [-0.25, -0.2) is 9.48 Å². The molecule has 2 aliphatic rings. The third-order valence-electron chi connectivity index (χ3n) is 3.91. The quantitative estimate of drug-likeness (QED) is 0.804. The molecule has 2 fully saturated rings. The summed E-state index contributed by atoms with van der Waals surface area (Å²) in [6, 6.07) is -0.514. The van der Waals surface area contributed by atoms with Crippen LogP contribution in [0.15, 0.2) is 6.20 Å². The maximum Gasteiger partial charge on any atom is 0.328 e. The lowest BCUT2D eigenvalue weighted by atomic mass is 10.1. The zero-order valence-electron chi connectivity index (χ0n) is 11.2. The first-order chi connectivity index (χ1) is 9.72. The van der Waals surface area contributed by atoms with Gasteiger partial charge in [-0.2, -0.15) is 0 Å². The van der Waals surface area contributed by atoms with E-state index < -0.39 is 6.04 Å². The van der Waals surface area contributed by atoms with E-state index in [9.17, 15) is 9.59 Å². The molecule has 1 amide bonds. The zero-order valence-corrected chi connectivity index (χ0v) is 11.2. The molecule has 0 radical (unpaired) electrons. The maximum absolute atomic E-state index is 11.8. The van der Waals surface area contributed by atoms with E-state index in [4.69, 9.17) is 4.74 Å². The highest BCUT2D eigenvalue weighted by molar-refractivity contribution is 5.85. The Morgan fingerprint density at radius 1 is 1.40 bits per heavy atom. The molecule has 0 unspecified atom stereocenters. The molecular formula is C13H18N4O3. The number of carbonyl (C=O) groups is 2. The summed E-state index contributed by atoms with van der Waals surface area (Å²) >= 11 is 0. The summed E-state index contributed by atoms with van der Waals surface area (Å²) in [5, 5.41) is 10.8. The van der Waals surface area contributed by atoms with Crippen molar-refractivity contribution in [2.24, 2.45) is 0 Å². The number of nitrogens with zero attached hydrogens (tertiary/aromatic N) is 3. The van der Waals surface area contributed by atoms with Gasteiger partial charge < -0.3 is 10.1 Å². The first-order valence-corrected chi connectivity index (χ1v) is 7.08. The smallest absolute Gasteiger partial charge is 0.328 e. The van der Waals surface area contributed by atoms with Crippen molar-refractivity contribution in [2.45, 2.75) is 50.6 Å². The first kappa shape index (κ1) is 13.1. The predicted octanol–water partition coefficient (Wildman–Crippen LogP) is 0.367. The minimum Gasteiger partial charge on any atom is -0.464 e. The van der Waals surface area contributed by atoms with E-state index in [-0.39, 0.29) is 18.4 Å². The van der Waals surface area contributed by atoms with Gasteiger partial charge in [0.2, 0.25) is 5.91 Å². The topological polar surface area (TPSA) is 86.1 Å². The van der Waals surface area contributed by atoms with Crippen LogP contribution < -0.4 is 5.32 Å². The van der Waals surface area contributed by atoms with Gasteiger partial charge in [-0.15, -0.1) is 5.10 Å². The molecule has 1 aromatic rings. The molecule has 20 heavy (non-hydrogen) atoms. The highest BCUT2D eigenvalue weighted by Crippen LogP contribution is 2.32. The number of amides is 1. The number of rotatable bonds is 4. The van der Waals surface area contributed by atoms with Crippen molar-refractivity contribution < 1.29 is 14.3 Å². The number of carbonyl (C=O) groups excluding carboxylic acids is 2. The Morgan fingerprint density at radius 3 is 2.90 bits per heavy atom. The fraction of sp³-hybridized carbons (Fsp3) is 0.692. The standard InChI is InChI=1S/C13H18N4O3/c18-12(14-10-5-6-20-13(10)19)8-17-7-11(15-16-17)9-3-1-2-4-9/h7,9-10H,1-6,8H2,(H,14,18)/t10-/m0/s1. The average molecular weight is 278 g/mol. The number of hydrogen-bond donors (Lipinski definition) is 1. The fourth-order valence-corrected chi connectivity index (χ4v) is 2.81. The molecule has 1 saturated carbocycles. The summed E-state index contributed by atoms with van der Waals surface area (Å²) in [6.45, 7) is 0.461. The van der Waals surface area contributed by atoms with Crippen molar-refractivity contribution in [2.75, 3.05) is 6.61 Å². The number of esters is 1. The highest BCUT2D eigenvalue weighted by atomic mass is 16.5. The second-order valence-corrected chi connectivity index (χ2v) is 5.40. The maximum atomic E-state index is 11.8. The van der Waals surface area contributed by atoms with Crippen LogP contribution in [0, 0.1) is 0 Å². The molecule has 1 saturated heterocycles. The minimum absolute atomic E-state index is 0.0868. The Morgan fingerprint density at radius 2 is 2.20 bits per heavy atom. The van der Waals surface area contributed by atoms with Crippen LogP contribution in [0.5, 0.6) is 0 Å². The number of hydrogen-bond acceptors (Lipinski definition) is 5. The molecule has 0 aromatic carbocycles. The lowest BCUT2D eigenvalue weighted by Gasteiger charge is -2.08. The summed E-state index contributed by atoms with van der Waals surface area (Å²) in [4.78, 5) is 23.1. The number of aromatic nitrogens is 3. The van der Waals surface area contributed by atoms with Crippen LogP contribution in [0.3, 0.4) is 0 Å². The Hall–Kier alpha value is -1.92. The van der Waals surface area contributed by atoms with Crippen LogP contribution in [0.4, 0.5) is 0 Å². The third kappa shape index (κ3) is 2.81. The molecule has 1 aliphatic carbocycles. The largest absolute Gasteiger partial charge is 0.464 e. The summed E-state index contributed by atoms with van der Waals surface area (Å²) in [6.07, 6.45) is 7.15. The lowest BCUT2D eigenvalue weighted by Crippen LogP contribution is -2.39. The van der Waals surface area contributed by atoms with E-state index in [1.807, 2.05) is 6.20 Å². The van der Waals surface area contributed by atoms with E-state index in [0.29, 0.717) is 18.9 Å². The molecule has 7 heteroatoms. The molecule has 0 spiro atoms. The van der Waals surface area contributed by atoms with Crippen molar-refractivity contribution in [3.8, 4) is 0 Å². The molecule has 108 valence electrons. The number of cyclic esters (lactones) is 1. The summed E-state index contributed by atoms with van der Waals surface area (Å²) in [5.74, 6) is -0.114. The van der Waals surface area contributed by atoms with Crippen LogP contribution in [-0.2, 0) is 20.9 Å². The first-order valence-electron chi connectivity index (χ1n) is 7.08. The van der Waals surface area contributed by atoms with Gasteiger partial charge >= 0.3 is 5.97 Å².